The van der Waals surface area contributed by atoms with Gasteiger partial charge >= 0.3 is 0 Å². The summed E-state index contributed by atoms with van der Waals surface area (Å²) in [6.07, 6.45) is 2.17. The molecule has 1 heterocycles. The van der Waals surface area contributed by atoms with Crippen molar-refractivity contribution in [2.24, 2.45) is 0 Å². The van der Waals surface area contributed by atoms with E-state index in [-0.39, 0.29) is 11.7 Å². The van der Waals surface area contributed by atoms with Gasteiger partial charge in [0.15, 0.2) is 0 Å². The quantitative estimate of drug-likeness (QED) is 0.536. The maximum absolute atomic E-state index is 12.3. The third kappa shape index (κ3) is 2.92. The van der Waals surface area contributed by atoms with Gasteiger partial charge in [0.25, 0.3) is 5.91 Å². The van der Waals surface area contributed by atoms with Crippen LogP contribution in [-0.4, -0.2) is 27.5 Å². The van der Waals surface area contributed by atoms with E-state index < -0.39 is 0 Å². The van der Waals surface area contributed by atoms with Gasteiger partial charge in [0.05, 0.1) is 17.4 Å². The molecule has 5 nitrogen and oxygen atoms in total. The Labute approximate surface area is 144 Å². The van der Waals surface area contributed by atoms with Gasteiger partial charge in [0, 0.05) is 17.7 Å². The van der Waals surface area contributed by atoms with Crippen LogP contribution in [0, 0.1) is 0 Å². The first-order chi connectivity index (χ1) is 12.2. The monoisotopic (exact) mass is 331 g/mol. The third-order valence-electron chi connectivity index (χ3n) is 4.36. The van der Waals surface area contributed by atoms with Crippen molar-refractivity contribution in [3.05, 3.63) is 72.1 Å². The van der Waals surface area contributed by atoms with Crippen molar-refractivity contribution in [1.29, 1.82) is 0 Å². The van der Waals surface area contributed by atoms with E-state index in [2.05, 4.69) is 15.3 Å². The van der Waals surface area contributed by atoms with Gasteiger partial charge in [-0.25, -0.2) is 4.98 Å². The summed E-state index contributed by atoms with van der Waals surface area (Å²) in [7, 11) is 0. The number of nitrogens with one attached hydrogen (secondary N) is 2. The molecule has 0 bridgehead atoms. The van der Waals surface area contributed by atoms with E-state index in [0.29, 0.717) is 18.5 Å². The second-order valence-electron chi connectivity index (χ2n) is 5.92. The number of aromatic nitrogens is 2. The van der Waals surface area contributed by atoms with Crippen LogP contribution in [0.15, 0.2) is 60.9 Å². The number of phenols is 1. The Balaban J connectivity index is 1.49. The number of hydrogen-bond acceptors (Lipinski definition) is 3. The number of fused-ring (bicyclic) bond motifs is 2. The number of amides is 1. The molecule has 0 radical (unpaired) electrons. The molecule has 1 aromatic heterocycles. The number of hydrogen-bond donors (Lipinski definition) is 3. The largest absolute Gasteiger partial charge is 0.508 e. The number of nitrogens with zero attached hydrogens (tertiary/aromatic N) is 1. The lowest BCUT2D eigenvalue weighted by Gasteiger charge is -2.10. The van der Waals surface area contributed by atoms with Gasteiger partial charge in [-0.2, -0.15) is 0 Å². The first-order valence-electron chi connectivity index (χ1n) is 8.13. The second kappa shape index (κ2) is 6.28. The number of aromatic hydroxyl groups is 1. The van der Waals surface area contributed by atoms with Crippen LogP contribution in [0.5, 0.6) is 5.75 Å². The first kappa shape index (κ1) is 15.2. The summed E-state index contributed by atoms with van der Waals surface area (Å²) in [6.45, 7) is 0.446. The molecule has 0 aliphatic heterocycles. The number of phenolic OH excluding ortho intramolecular Hbond substituents is 1. The summed E-state index contributed by atoms with van der Waals surface area (Å²) in [4.78, 5) is 19.5. The summed E-state index contributed by atoms with van der Waals surface area (Å²) in [6, 6.07) is 16.9. The molecule has 0 aliphatic carbocycles. The summed E-state index contributed by atoms with van der Waals surface area (Å²) in [5.74, 6) is 0.114. The highest BCUT2D eigenvalue weighted by atomic mass is 16.3. The molecule has 4 rings (SSSR count). The van der Waals surface area contributed by atoms with Crippen molar-refractivity contribution >= 4 is 27.7 Å². The summed E-state index contributed by atoms with van der Waals surface area (Å²) in [5.41, 5.74) is 3.10. The van der Waals surface area contributed by atoms with Crippen LogP contribution in [-0.2, 0) is 6.42 Å². The molecule has 0 spiro atoms. The number of carbonyl (C=O) groups excluding carboxylic acids is 1. The molecule has 124 valence electrons. The Morgan fingerprint density at radius 2 is 2.00 bits per heavy atom. The Hall–Kier alpha value is -3.34. The molecule has 0 saturated carbocycles. The Morgan fingerprint density at radius 3 is 2.92 bits per heavy atom. The van der Waals surface area contributed by atoms with Gasteiger partial charge < -0.3 is 15.4 Å². The van der Waals surface area contributed by atoms with E-state index >= 15 is 0 Å². The van der Waals surface area contributed by atoms with Crippen LogP contribution < -0.4 is 5.32 Å². The number of benzene rings is 3. The van der Waals surface area contributed by atoms with Crippen LogP contribution in [0.1, 0.15) is 15.9 Å². The van der Waals surface area contributed by atoms with E-state index in [1.54, 1.807) is 24.5 Å². The fourth-order valence-electron chi connectivity index (χ4n) is 3.07. The number of rotatable bonds is 4. The fraction of sp³-hybridized carbons (Fsp3) is 0.100. The van der Waals surface area contributed by atoms with Gasteiger partial charge in [-0.1, -0.05) is 30.3 Å². The van der Waals surface area contributed by atoms with Crippen molar-refractivity contribution in [1.82, 2.24) is 15.3 Å². The maximum atomic E-state index is 12.3. The molecule has 25 heavy (non-hydrogen) atoms. The molecule has 0 saturated heterocycles. The highest BCUT2D eigenvalue weighted by Gasteiger charge is 2.10. The van der Waals surface area contributed by atoms with Gasteiger partial charge in [-0.3, -0.25) is 4.79 Å². The van der Waals surface area contributed by atoms with Gasteiger partial charge in [0.2, 0.25) is 0 Å². The van der Waals surface area contributed by atoms with Crippen LogP contribution in [0.25, 0.3) is 21.8 Å². The van der Waals surface area contributed by atoms with Gasteiger partial charge in [-0.15, -0.1) is 0 Å². The van der Waals surface area contributed by atoms with Gasteiger partial charge in [-0.05, 0) is 41.5 Å². The van der Waals surface area contributed by atoms with Crippen molar-refractivity contribution in [3.63, 3.8) is 0 Å². The van der Waals surface area contributed by atoms with E-state index in [1.165, 1.54) is 0 Å². The molecular weight excluding hydrogens is 314 g/mol. The average Bonchev–Trinajstić information content (AvgIpc) is 3.11. The number of carbonyl (C=O) groups is 1. The average molecular weight is 331 g/mol. The van der Waals surface area contributed by atoms with Crippen molar-refractivity contribution in [2.45, 2.75) is 6.42 Å². The number of aromatic amines is 1. The van der Waals surface area contributed by atoms with Gasteiger partial charge in [0.1, 0.15) is 5.75 Å². The minimum absolute atomic E-state index is 0.142. The molecule has 3 N–H and O–H groups in total. The molecule has 1 amide bonds. The van der Waals surface area contributed by atoms with Crippen LogP contribution in [0.4, 0.5) is 0 Å². The predicted molar refractivity (Wildman–Crippen MR) is 97.7 cm³/mol. The normalized spacial score (nSPS) is 11.0. The van der Waals surface area contributed by atoms with Crippen molar-refractivity contribution in [2.75, 3.05) is 6.54 Å². The number of imidazole rings is 1. The molecule has 3 aromatic carbocycles. The Kier molecular flexibility index (Phi) is 3.82. The molecular formula is C20H17N3O2. The summed E-state index contributed by atoms with van der Waals surface area (Å²) in [5, 5.41) is 15.2. The third-order valence-corrected chi connectivity index (χ3v) is 4.36. The summed E-state index contributed by atoms with van der Waals surface area (Å²) < 4.78 is 0. The molecule has 4 aromatic rings. The van der Waals surface area contributed by atoms with Crippen LogP contribution in [0.3, 0.4) is 0 Å². The fourth-order valence-corrected chi connectivity index (χ4v) is 3.07. The SMILES string of the molecule is O=C(NCCc1c(O)ccc2ccccc12)c1ccc2nc[nH]c2c1. The minimum atomic E-state index is -0.142. The van der Waals surface area contributed by atoms with E-state index in [9.17, 15) is 9.90 Å². The predicted octanol–water partition coefficient (Wildman–Crippen LogP) is 3.39. The van der Waals surface area contributed by atoms with E-state index in [4.69, 9.17) is 0 Å². The maximum Gasteiger partial charge on any atom is 0.251 e. The first-order valence-corrected chi connectivity index (χ1v) is 8.13. The zero-order chi connectivity index (χ0) is 17.2. The van der Waals surface area contributed by atoms with Crippen molar-refractivity contribution < 1.29 is 9.90 Å². The summed E-state index contributed by atoms with van der Waals surface area (Å²) >= 11 is 0. The molecule has 0 aliphatic rings. The van der Waals surface area contributed by atoms with Crippen LogP contribution >= 0.6 is 0 Å². The standard InChI is InChI=1S/C20H17N3O2/c24-19-8-6-13-3-1-2-4-15(13)16(19)9-10-21-20(25)14-5-7-17-18(11-14)23-12-22-17/h1-8,11-12,24H,9-10H2,(H,21,25)(H,22,23). The smallest absolute Gasteiger partial charge is 0.251 e. The highest BCUT2D eigenvalue weighted by molar-refractivity contribution is 5.97. The Bertz CT molecular complexity index is 1070. The Morgan fingerprint density at radius 1 is 1.12 bits per heavy atom. The zero-order valence-electron chi connectivity index (χ0n) is 13.5. The lowest BCUT2D eigenvalue weighted by molar-refractivity contribution is 0.0954. The molecule has 0 atom stereocenters. The van der Waals surface area contributed by atoms with Crippen molar-refractivity contribution in [3.8, 4) is 5.75 Å². The molecule has 0 unspecified atom stereocenters. The zero-order valence-corrected chi connectivity index (χ0v) is 13.5. The lowest BCUT2D eigenvalue weighted by Crippen LogP contribution is -2.25. The lowest BCUT2D eigenvalue weighted by atomic mass is 10.0. The second-order valence-corrected chi connectivity index (χ2v) is 5.92. The molecule has 5 heteroatoms. The number of H-pyrrole nitrogens is 1. The molecule has 0 fully saturated rings. The topological polar surface area (TPSA) is 78.0 Å². The highest BCUT2D eigenvalue weighted by Crippen LogP contribution is 2.27. The van der Waals surface area contributed by atoms with E-state index in [0.717, 1.165) is 27.4 Å². The minimum Gasteiger partial charge on any atom is -0.508 e. The van der Waals surface area contributed by atoms with E-state index in [1.807, 2.05) is 36.4 Å². The van der Waals surface area contributed by atoms with Crippen LogP contribution in [0.2, 0.25) is 0 Å².